The second-order valence-electron chi connectivity index (χ2n) is 11.7. The van der Waals surface area contributed by atoms with E-state index in [2.05, 4.69) is 34.8 Å². The lowest BCUT2D eigenvalue weighted by atomic mass is 9.95. The fourth-order valence-electron chi connectivity index (χ4n) is 6.79. The van der Waals surface area contributed by atoms with Crippen molar-refractivity contribution in [2.45, 2.75) is 76.3 Å². The van der Waals surface area contributed by atoms with Crippen LogP contribution >= 0.6 is 11.3 Å². The molecule has 3 aromatic heterocycles. The molecule has 5 aromatic rings. The summed E-state index contributed by atoms with van der Waals surface area (Å²) in [6.45, 7) is 5.92. The van der Waals surface area contributed by atoms with Crippen molar-refractivity contribution < 1.29 is 17.7 Å². The molecule has 4 heterocycles. The van der Waals surface area contributed by atoms with Crippen LogP contribution < -0.4 is 4.90 Å². The lowest BCUT2D eigenvalue weighted by Gasteiger charge is -2.37. The van der Waals surface area contributed by atoms with E-state index in [1.807, 2.05) is 18.7 Å². The third kappa shape index (κ3) is 4.88. The Bertz CT molecular complexity index is 1970. The molecule has 9 nitrogen and oxygen atoms in total. The molecule has 1 saturated heterocycles. The fourth-order valence-corrected chi connectivity index (χ4v) is 8.47. The van der Waals surface area contributed by atoms with Gasteiger partial charge in [-0.1, -0.05) is 11.2 Å². The number of imidazole rings is 1. The molecule has 2 unspecified atom stereocenters. The van der Waals surface area contributed by atoms with Gasteiger partial charge in [0.2, 0.25) is 5.91 Å². The van der Waals surface area contributed by atoms with E-state index < -0.39 is 9.84 Å². The minimum atomic E-state index is -3.35. The topological polar surface area (TPSA) is 111 Å². The molecule has 1 aliphatic heterocycles. The Balaban J connectivity index is 1.38. The molecular weight excluding hydrogens is 583 g/mol. The van der Waals surface area contributed by atoms with E-state index in [0.717, 1.165) is 76.6 Å². The first-order chi connectivity index (χ1) is 20.6. The number of piperidine rings is 1. The number of hydrogen-bond donors (Lipinski definition) is 0. The van der Waals surface area contributed by atoms with Gasteiger partial charge in [0.25, 0.3) is 0 Å². The zero-order chi connectivity index (χ0) is 30.0. The van der Waals surface area contributed by atoms with Crippen LogP contribution in [0.3, 0.4) is 0 Å². The maximum Gasteiger partial charge on any atom is 0.227 e. The maximum absolute atomic E-state index is 13.6. The number of fused-ring (bicyclic) bond motifs is 2. The monoisotopic (exact) mass is 615 g/mol. The number of aryl methyl sites for hydroxylation is 4. The Morgan fingerprint density at radius 3 is 2.51 bits per heavy atom. The first-order valence-electron chi connectivity index (χ1n) is 14.6. The van der Waals surface area contributed by atoms with Gasteiger partial charge in [-0.05, 0) is 88.4 Å². The summed E-state index contributed by atoms with van der Waals surface area (Å²) in [5.74, 6) is 1.64. The minimum Gasteiger partial charge on any atom is -0.361 e. The second-order valence-corrected chi connectivity index (χ2v) is 15.0. The van der Waals surface area contributed by atoms with Crippen molar-refractivity contribution in [3.63, 3.8) is 0 Å². The van der Waals surface area contributed by atoms with Crippen LogP contribution in [0.2, 0.25) is 0 Å². The Morgan fingerprint density at radius 1 is 1.00 bits per heavy atom. The number of sulfone groups is 1. The SMILES string of the molecule is Cc1nc2c(s1)CC(n1c(C3CCCC(=O)N3c3ccc(S(C)(=O)=O)cc3)nc3cc(-c4c(C)noc4C)ccc31)CC2. The van der Waals surface area contributed by atoms with Gasteiger partial charge in [-0.2, -0.15) is 0 Å². The number of carbonyl (C=O) groups is 1. The Kier molecular flexibility index (Phi) is 6.77. The summed E-state index contributed by atoms with van der Waals surface area (Å²) in [5.41, 5.74) is 6.58. The van der Waals surface area contributed by atoms with Crippen molar-refractivity contribution >= 4 is 43.8 Å². The van der Waals surface area contributed by atoms with Gasteiger partial charge in [-0.25, -0.2) is 18.4 Å². The number of rotatable bonds is 5. The summed E-state index contributed by atoms with van der Waals surface area (Å²) >= 11 is 1.77. The van der Waals surface area contributed by atoms with Gasteiger partial charge < -0.3 is 14.0 Å². The Morgan fingerprint density at radius 2 is 1.79 bits per heavy atom. The second kappa shape index (κ2) is 10.4. The molecule has 43 heavy (non-hydrogen) atoms. The van der Waals surface area contributed by atoms with Crippen LogP contribution in [0.1, 0.15) is 70.6 Å². The molecule has 2 aliphatic rings. The molecule has 0 bridgehead atoms. The highest BCUT2D eigenvalue weighted by atomic mass is 32.2. The van der Waals surface area contributed by atoms with Crippen LogP contribution in [0.5, 0.6) is 0 Å². The van der Waals surface area contributed by atoms with E-state index in [-0.39, 0.29) is 22.9 Å². The number of benzene rings is 2. The number of thiazole rings is 1. The van der Waals surface area contributed by atoms with Crippen molar-refractivity contribution in [2.24, 2.45) is 0 Å². The molecule has 2 atom stereocenters. The lowest BCUT2D eigenvalue weighted by molar-refractivity contribution is -0.120. The normalized spacial score (nSPS) is 19.3. The van der Waals surface area contributed by atoms with Gasteiger partial charge in [0.05, 0.1) is 38.4 Å². The van der Waals surface area contributed by atoms with Gasteiger partial charge in [0, 0.05) is 41.3 Å². The molecule has 2 aromatic carbocycles. The van der Waals surface area contributed by atoms with Gasteiger partial charge in [0.15, 0.2) is 9.84 Å². The third-order valence-corrected chi connectivity index (χ3v) is 10.9. The minimum absolute atomic E-state index is 0.0161. The first-order valence-corrected chi connectivity index (χ1v) is 17.3. The highest BCUT2D eigenvalue weighted by Gasteiger charge is 2.36. The number of anilines is 1. The predicted molar refractivity (Wildman–Crippen MR) is 166 cm³/mol. The van der Waals surface area contributed by atoms with Crippen LogP contribution in [-0.4, -0.2) is 40.3 Å². The molecule has 7 rings (SSSR count). The van der Waals surface area contributed by atoms with Crippen LogP contribution in [0.15, 0.2) is 51.9 Å². The van der Waals surface area contributed by atoms with Crippen LogP contribution in [-0.2, 0) is 27.5 Å². The average molecular weight is 616 g/mol. The third-order valence-electron chi connectivity index (χ3n) is 8.71. The molecule has 0 N–H and O–H groups in total. The summed E-state index contributed by atoms with van der Waals surface area (Å²) < 4.78 is 32.1. The van der Waals surface area contributed by atoms with Crippen molar-refractivity contribution in [1.82, 2.24) is 19.7 Å². The average Bonchev–Trinajstić information content (AvgIpc) is 3.64. The largest absolute Gasteiger partial charge is 0.361 e. The van der Waals surface area contributed by atoms with Gasteiger partial charge >= 0.3 is 0 Å². The van der Waals surface area contributed by atoms with E-state index >= 15 is 0 Å². The van der Waals surface area contributed by atoms with Crippen LogP contribution in [0.4, 0.5) is 5.69 Å². The molecule has 11 heteroatoms. The number of nitrogens with zero attached hydrogens (tertiary/aromatic N) is 5. The van der Waals surface area contributed by atoms with Gasteiger partial charge in [-0.15, -0.1) is 11.3 Å². The fraction of sp³-hybridized carbons (Fsp3) is 0.375. The van der Waals surface area contributed by atoms with Gasteiger partial charge in [0.1, 0.15) is 11.6 Å². The number of aromatic nitrogens is 4. The summed E-state index contributed by atoms with van der Waals surface area (Å²) in [4.78, 5) is 27.0. The van der Waals surface area contributed by atoms with Crippen molar-refractivity contribution in [2.75, 3.05) is 11.2 Å². The predicted octanol–water partition coefficient (Wildman–Crippen LogP) is 6.46. The Hall–Kier alpha value is -3.83. The van der Waals surface area contributed by atoms with E-state index in [1.165, 1.54) is 16.8 Å². The summed E-state index contributed by atoms with van der Waals surface area (Å²) in [6.07, 6.45) is 5.86. The highest BCUT2D eigenvalue weighted by Crippen LogP contribution is 2.42. The zero-order valence-electron chi connectivity index (χ0n) is 24.6. The lowest BCUT2D eigenvalue weighted by Crippen LogP contribution is -2.40. The van der Waals surface area contributed by atoms with E-state index in [4.69, 9.17) is 14.5 Å². The first kappa shape index (κ1) is 28.0. The number of hydrogen-bond acceptors (Lipinski definition) is 8. The molecule has 0 saturated carbocycles. The van der Waals surface area contributed by atoms with E-state index in [0.29, 0.717) is 12.1 Å². The highest BCUT2D eigenvalue weighted by molar-refractivity contribution is 7.90. The molecule has 1 amide bonds. The molecule has 222 valence electrons. The molecular formula is C32H33N5O4S2. The molecule has 1 fully saturated rings. The van der Waals surface area contributed by atoms with Gasteiger partial charge in [-0.3, -0.25) is 4.79 Å². The van der Waals surface area contributed by atoms with Crippen molar-refractivity contribution in [1.29, 1.82) is 0 Å². The maximum atomic E-state index is 13.6. The summed E-state index contributed by atoms with van der Waals surface area (Å²) in [7, 11) is -3.35. The van der Waals surface area contributed by atoms with E-state index in [9.17, 15) is 13.2 Å². The van der Waals surface area contributed by atoms with Crippen molar-refractivity contribution in [3.8, 4) is 11.1 Å². The van der Waals surface area contributed by atoms with Crippen LogP contribution in [0.25, 0.3) is 22.2 Å². The summed E-state index contributed by atoms with van der Waals surface area (Å²) in [6, 6.07) is 12.9. The zero-order valence-corrected chi connectivity index (χ0v) is 26.3. The molecule has 0 spiro atoms. The molecule has 0 radical (unpaired) electrons. The number of carbonyl (C=O) groups excluding carboxylic acids is 1. The molecule has 1 aliphatic carbocycles. The number of amides is 1. The smallest absolute Gasteiger partial charge is 0.227 e. The quantitative estimate of drug-likeness (QED) is 0.223. The Labute approximate surface area is 254 Å². The van der Waals surface area contributed by atoms with Crippen molar-refractivity contribution in [3.05, 3.63) is 75.3 Å². The van der Waals surface area contributed by atoms with Crippen LogP contribution in [0, 0.1) is 20.8 Å². The summed E-state index contributed by atoms with van der Waals surface area (Å²) in [5, 5.41) is 5.24. The van der Waals surface area contributed by atoms with E-state index in [1.54, 1.807) is 35.6 Å². The standard InChI is InChI=1S/C32H33N5O4S2/c1-18-31(19(2)41-35-18)21-8-15-27-26(16-21)34-32(37(27)23-11-14-25-29(17-23)42-20(3)33-25)28-6-5-7-30(38)36(28)22-9-12-24(13-10-22)43(4,39)40/h8-10,12-13,15-16,23,28H,5-7,11,14,17H2,1-4H3.